The van der Waals surface area contributed by atoms with Crippen LogP contribution in [0.15, 0.2) is 32.5 Å². The number of ketones is 1. The Morgan fingerprint density at radius 2 is 1.80 bits per heavy atom. The van der Waals surface area contributed by atoms with Gasteiger partial charge in [0.25, 0.3) is 0 Å². The standard InChI is InChI=1S/C14H10Br2O3S/c15-9-7-11-10(18-4-1-5-19-11)6-8(9)14(17)12-2-3-13(16)20-12/h2-3,6-7H,1,4-5H2. The minimum Gasteiger partial charge on any atom is -0.490 e. The monoisotopic (exact) mass is 416 g/mol. The van der Waals surface area contributed by atoms with E-state index in [0.29, 0.717) is 35.2 Å². The van der Waals surface area contributed by atoms with Crippen molar-refractivity contribution >= 4 is 49.0 Å². The molecule has 1 aromatic carbocycles. The zero-order chi connectivity index (χ0) is 14.1. The van der Waals surface area contributed by atoms with Gasteiger partial charge in [0.05, 0.1) is 21.9 Å². The van der Waals surface area contributed by atoms with Gasteiger partial charge in [-0.15, -0.1) is 11.3 Å². The van der Waals surface area contributed by atoms with Gasteiger partial charge in [0.2, 0.25) is 5.78 Å². The summed E-state index contributed by atoms with van der Waals surface area (Å²) < 4.78 is 12.9. The van der Waals surface area contributed by atoms with E-state index in [9.17, 15) is 4.79 Å². The van der Waals surface area contributed by atoms with Crippen molar-refractivity contribution in [3.05, 3.63) is 43.0 Å². The van der Waals surface area contributed by atoms with Crippen molar-refractivity contribution in [2.75, 3.05) is 13.2 Å². The van der Waals surface area contributed by atoms with Crippen molar-refractivity contribution in [3.63, 3.8) is 0 Å². The minimum absolute atomic E-state index is 0.0248. The van der Waals surface area contributed by atoms with E-state index in [1.54, 1.807) is 12.1 Å². The first kappa shape index (κ1) is 14.1. The summed E-state index contributed by atoms with van der Waals surface area (Å²) in [6.07, 6.45) is 0.841. The third kappa shape index (κ3) is 2.77. The van der Waals surface area contributed by atoms with Crippen molar-refractivity contribution < 1.29 is 14.3 Å². The average Bonchev–Trinajstić information content (AvgIpc) is 2.73. The van der Waals surface area contributed by atoms with Gasteiger partial charge in [-0.25, -0.2) is 0 Å². The van der Waals surface area contributed by atoms with Crippen LogP contribution in [0, 0.1) is 0 Å². The van der Waals surface area contributed by atoms with Gasteiger partial charge in [-0.1, -0.05) is 0 Å². The molecule has 3 nitrogen and oxygen atoms in total. The highest BCUT2D eigenvalue weighted by atomic mass is 79.9. The molecule has 1 aromatic heterocycles. The van der Waals surface area contributed by atoms with Crippen molar-refractivity contribution in [2.45, 2.75) is 6.42 Å². The van der Waals surface area contributed by atoms with Crippen molar-refractivity contribution in [3.8, 4) is 11.5 Å². The fourth-order valence-corrected chi connectivity index (χ4v) is 3.77. The largest absolute Gasteiger partial charge is 0.490 e. The summed E-state index contributed by atoms with van der Waals surface area (Å²) in [5.41, 5.74) is 0.587. The smallest absolute Gasteiger partial charge is 0.204 e. The molecule has 0 atom stereocenters. The number of hydrogen-bond acceptors (Lipinski definition) is 4. The van der Waals surface area contributed by atoms with E-state index in [1.165, 1.54) is 11.3 Å². The van der Waals surface area contributed by atoms with Gasteiger partial charge < -0.3 is 9.47 Å². The molecule has 104 valence electrons. The first-order valence-corrected chi connectivity index (χ1v) is 8.44. The number of hydrogen-bond donors (Lipinski definition) is 0. The van der Waals surface area contributed by atoms with Crippen LogP contribution >= 0.6 is 43.2 Å². The Kier molecular flexibility index (Phi) is 4.14. The molecule has 20 heavy (non-hydrogen) atoms. The van der Waals surface area contributed by atoms with Gasteiger partial charge in [-0.05, 0) is 56.1 Å². The van der Waals surface area contributed by atoms with Crippen LogP contribution in [0.1, 0.15) is 21.7 Å². The maximum Gasteiger partial charge on any atom is 0.204 e. The Balaban J connectivity index is 2.01. The SMILES string of the molecule is O=C(c1ccc(Br)s1)c1cc2c(cc1Br)OCCCO2. The molecule has 3 rings (SSSR count). The van der Waals surface area contributed by atoms with Gasteiger partial charge in [-0.3, -0.25) is 4.79 Å². The molecule has 0 radical (unpaired) electrons. The lowest BCUT2D eigenvalue weighted by molar-refractivity contribution is 0.104. The molecule has 6 heteroatoms. The highest BCUT2D eigenvalue weighted by molar-refractivity contribution is 9.11. The molecule has 1 aliphatic rings. The van der Waals surface area contributed by atoms with Crippen LogP contribution in [0.25, 0.3) is 0 Å². The summed E-state index contributed by atoms with van der Waals surface area (Å²) in [5.74, 6) is 1.28. The zero-order valence-electron chi connectivity index (χ0n) is 10.3. The maximum atomic E-state index is 12.5. The van der Waals surface area contributed by atoms with Crippen LogP contribution in [0.4, 0.5) is 0 Å². The molecule has 0 spiro atoms. The summed E-state index contributed by atoms with van der Waals surface area (Å²) in [5, 5.41) is 0. The average molecular weight is 418 g/mol. The normalized spacial score (nSPS) is 13.9. The molecule has 0 bridgehead atoms. The summed E-state index contributed by atoms with van der Waals surface area (Å²) in [7, 11) is 0. The van der Waals surface area contributed by atoms with E-state index in [1.807, 2.05) is 12.1 Å². The van der Waals surface area contributed by atoms with Gasteiger partial charge in [-0.2, -0.15) is 0 Å². The van der Waals surface area contributed by atoms with Crippen LogP contribution in [-0.4, -0.2) is 19.0 Å². The van der Waals surface area contributed by atoms with Crippen LogP contribution in [0.5, 0.6) is 11.5 Å². The molecule has 2 heterocycles. The molecule has 0 aliphatic carbocycles. The topological polar surface area (TPSA) is 35.5 Å². The third-order valence-corrected chi connectivity index (χ3v) is 5.16. The van der Waals surface area contributed by atoms with E-state index in [0.717, 1.165) is 14.7 Å². The second-order valence-electron chi connectivity index (χ2n) is 4.26. The maximum absolute atomic E-state index is 12.5. The lowest BCUT2D eigenvalue weighted by Crippen LogP contribution is -2.02. The molecule has 2 aromatic rings. The Hall–Kier alpha value is -0.850. The number of carbonyl (C=O) groups excluding carboxylic acids is 1. The third-order valence-electron chi connectivity index (χ3n) is 2.88. The summed E-state index contributed by atoms with van der Waals surface area (Å²) in [6.45, 7) is 1.23. The first-order chi connectivity index (χ1) is 9.65. The molecule has 0 saturated heterocycles. The van der Waals surface area contributed by atoms with Gasteiger partial charge >= 0.3 is 0 Å². The number of ether oxygens (including phenoxy) is 2. The van der Waals surface area contributed by atoms with Crippen molar-refractivity contribution in [1.82, 2.24) is 0 Å². The van der Waals surface area contributed by atoms with Gasteiger partial charge in [0.1, 0.15) is 0 Å². The highest BCUT2D eigenvalue weighted by Crippen LogP contribution is 2.37. The number of fused-ring (bicyclic) bond motifs is 1. The first-order valence-electron chi connectivity index (χ1n) is 6.04. The van der Waals surface area contributed by atoms with E-state index in [2.05, 4.69) is 31.9 Å². The van der Waals surface area contributed by atoms with Crippen LogP contribution in [0.2, 0.25) is 0 Å². The van der Waals surface area contributed by atoms with E-state index >= 15 is 0 Å². The zero-order valence-corrected chi connectivity index (χ0v) is 14.3. The van der Waals surface area contributed by atoms with Crippen molar-refractivity contribution in [2.24, 2.45) is 0 Å². The lowest BCUT2D eigenvalue weighted by atomic mass is 10.1. The summed E-state index contributed by atoms with van der Waals surface area (Å²) in [4.78, 5) is 13.2. The second kappa shape index (κ2) is 5.87. The minimum atomic E-state index is -0.0248. The molecular weight excluding hydrogens is 408 g/mol. The van der Waals surface area contributed by atoms with Gasteiger partial charge in [0.15, 0.2) is 11.5 Å². The van der Waals surface area contributed by atoms with E-state index in [4.69, 9.17) is 9.47 Å². The predicted octanol–water partition coefficient (Wildman–Crippen LogP) is 4.67. The summed E-state index contributed by atoms with van der Waals surface area (Å²) in [6, 6.07) is 7.23. The Labute approximate surface area is 137 Å². The second-order valence-corrected chi connectivity index (χ2v) is 7.58. The molecule has 0 amide bonds. The molecule has 0 unspecified atom stereocenters. The summed E-state index contributed by atoms with van der Waals surface area (Å²) >= 11 is 8.23. The molecule has 1 aliphatic heterocycles. The molecule has 0 N–H and O–H groups in total. The fraction of sp³-hybridized carbons (Fsp3) is 0.214. The number of halogens is 2. The van der Waals surface area contributed by atoms with Crippen LogP contribution in [-0.2, 0) is 0 Å². The number of benzene rings is 1. The Morgan fingerprint density at radius 1 is 1.10 bits per heavy atom. The van der Waals surface area contributed by atoms with Crippen molar-refractivity contribution in [1.29, 1.82) is 0 Å². The van der Waals surface area contributed by atoms with Crippen LogP contribution in [0.3, 0.4) is 0 Å². The molecule has 0 fully saturated rings. The number of carbonyl (C=O) groups is 1. The van der Waals surface area contributed by atoms with Gasteiger partial charge in [0, 0.05) is 16.5 Å². The Morgan fingerprint density at radius 3 is 2.45 bits per heavy atom. The predicted molar refractivity (Wildman–Crippen MR) is 85.2 cm³/mol. The molecule has 0 saturated carbocycles. The number of rotatable bonds is 2. The Bertz CT molecular complexity index is 666. The van der Waals surface area contributed by atoms with Crippen LogP contribution < -0.4 is 9.47 Å². The molecular formula is C14H10Br2O3S. The highest BCUT2D eigenvalue weighted by Gasteiger charge is 2.20. The number of thiophene rings is 1. The van der Waals surface area contributed by atoms with E-state index in [-0.39, 0.29) is 5.78 Å². The quantitative estimate of drug-likeness (QED) is 0.666. The van der Waals surface area contributed by atoms with E-state index < -0.39 is 0 Å². The fourth-order valence-electron chi connectivity index (χ4n) is 1.93. The lowest BCUT2D eigenvalue weighted by Gasteiger charge is -2.10.